The number of benzene rings is 8. The number of pyridine rings is 2. The Labute approximate surface area is 269 Å². The van der Waals surface area contributed by atoms with E-state index in [0.29, 0.717) is 0 Å². The minimum absolute atomic E-state index is 0.956. The third-order valence-electron chi connectivity index (χ3n) is 10.1. The molecule has 0 spiro atoms. The lowest BCUT2D eigenvalue weighted by Gasteiger charge is -2.16. The van der Waals surface area contributed by atoms with Crippen molar-refractivity contribution in [3.8, 4) is 22.5 Å². The number of aromatic nitrogens is 3. The predicted octanol–water partition coefficient (Wildman–Crippen LogP) is 11.6. The van der Waals surface area contributed by atoms with Crippen molar-refractivity contribution in [3.63, 3.8) is 0 Å². The summed E-state index contributed by atoms with van der Waals surface area (Å²) in [4.78, 5) is 10.4. The number of imidazole rings is 1. The van der Waals surface area contributed by atoms with Crippen LogP contribution in [-0.2, 0) is 0 Å². The minimum Gasteiger partial charge on any atom is -0.292 e. The molecule has 47 heavy (non-hydrogen) atoms. The Kier molecular flexibility index (Phi) is 4.84. The van der Waals surface area contributed by atoms with Crippen LogP contribution in [0, 0.1) is 0 Å². The van der Waals surface area contributed by atoms with E-state index in [1.165, 1.54) is 53.9 Å². The van der Waals surface area contributed by atoms with E-state index in [1.54, 1.807) is 0 Å². The SMILES string of the molecule is c1cc(-c2ccc3c(c2)c2ccccc2n2c4ccccc4nc32)nc(-c2ccc3c4cccc5cccc(c6cccc2c63)c54)c1. The molecule has 0 aliphatic rings. The average Bonchev–Trinajstić information content (AvgIpc) is 3.54. The molecule has 0 aliphatic heterocycles. The summed E-state index contributed by atoms with van der Waals surface area (Å²) < 4.78 is 2.29. The van der Waals surface area contributed by atoms with Crippen LogP contribution in [0.15, 0.2) is 152 Å². The molecule has 0 atom stereocenters. The van der Waals surface area contributed by atoms with E-state index in [9.17, 15) is 0 Å². The second kappa shape index (κ2) is 9.12. The normalized spacial score (nSPS) is 12.3. The molecule has 0 fully saturated rings. The van der Waals surface area contributed by atoms with Crippen molar-refractivity contribution in [2.24, 2.45) is 0 Å². The Balaban J connectivity index is 1.13. The standard InChI is InChI=1S/C44H25N3/c1-3-19-40-29(11-1)36-25-27(21-22-35(36)44-46-39-16-2-4-20-41(39)47(40)44)37-17-8-18-38(45-37)28-23-24-34-32-13-6-10-26-9-5-12-31(42(26)32)33-15-7-14-30(28)43(33)34/h1-25H. The van der Waals surface area contributed by atoms with E-state index in [1.807, 2.05) is 0 Å². The zero-order chi connectivity index (χ0) is 30.6. The third-order valence-corrected chi connectivity index (χ3v) is 10.1. The van der Waals surface area contributed by atoms with Crippen LogP contribution in [0.4, 0.5) is 0 Å². The Morgan fingerprint density at radius 2 is 1.02 bits per heavy atom. The van der Waals surface area contributed by atoms with Gasteiger partial charge in [0.05, 0.1) is 27.9 Å². The summed E-state index contributed by atoms with van der Waals surface area (Å²) in [5.74, 6) is 0. The van der Waals surface area contributed by atoms with Gasteiger partial charge in [0, 0.05) is 21.9 Å². The molecular weight excluding hydrogens is 571 g/mol. The fourth-order valence-corrected chi connectivity index (χ4v) is 8.08. The van der Waals surface area contributed by atoms with Crippen molar-refractivity contribution >= 4 is 81.4 Å². The lowest BCUT2D eigenvalue weighted by atomic mass is 9.88. The second-order valence-electron chi connectivity index (χ2n) is 12.5. The first-order chi connectivity index (χ1) is 23.3. The molecule has 3 heteroatoms. The minimum atomic E-state index is 0.956. The molecule has 8 aromatic carbocycles. The molecule has 3 nitrogen and oxygen atoms in total. The van der Waals surface area contributed by atoms with Gasteiger partial charge < -0.3 is 0 Å². The number of nitrogens with zero attached hydrogens (tertiary/aromatic N) is 3. The molecule has 0 unspecified atom stereocenters. The molecule has 11 rings (SSSR count). The molecule has 0 N–H and O–H groups in total. The molecule has 0 bridgehead atoms. The summed E-state index contributed by atoms with van der Waals surface area (Å²) in [6, 6.07) is 54.7. The summed E-state index contributed by atoms with van der Waals surface area (Å²) >= 11 is 0. The zero-order valence-corrected chi connectivity index (χ0v) is 25.3. The number of hydrogen-bond donors (Lipinski definition) is 0. The number of rotatable bonds is 2. The summed E-state index contributed by atoms with van der Waals surface area (Å²) in [6.45, 7) is 0. The predicted molar refractivity (Wildman–Crippen MR) is 198 cm³/mol. The lowest BCUT2D eigenvalue weighted by Crippen LogP contribution is -1.93. The van der Waals surface area contributed by atoms with Crippen molar-refractivity contribution in [1.29, 1.82) is 0 Å². The summed E-state index contributed by atoms with van der Waals surface area (Å²) in [7, 11) is 0. The maximum absolute atomic E-state index is 5.31. The van der Waals surface area contributed by atoms with E-state index < -0.39 is 0 Å². The van der Waals surface area contributed by atoms with Gasteiger partial charge >= 0.3 is 0 Å². The van der Waals surface area contributed by atoms with Gasteiger partial charge in [0.1, 0.15) is 5.65 Å². The van der Waals surface area contributed by atoms with Gasteiger partial charge in [0.25, 0.3) is 0 Å². The van der Waals surface area contributed by atoms with Crippen molar-refractivity contribution in [1.82, 2.24) is 14.4 Å². The maximum Gasteiger partial charge on any atom is 0.146 e. The molecule has 0 saturated carbocycles. The van der Waals surface area contributed by atoms with Gasteiger partial charge in [-0.3, -0.25) is 4.40 Å². The van der Waals surface area contributed by atoms with Crippen molar-refractivity contribution in [3.05, 3.63) is 152 Å². The van der Waals surface area contributed by atoms with E-state index in [0.717, 1.165) is 50.1 Å². The van der Waals surface area contributed by atoms with E-state index in [4.69, 9.17) is 9.97 Å². The number of hydrogen-bond acceptors (Lipinski definition) is 2. The Hall–Kier alpha value is -6.32. The van der Waals surface area contributed by atoms with Crippen LogP contribution in [0.5, 0.6) is 0 Å². The van der Waals surface area contributed by atoms with Crippen LogP contribution in [0.25, 0.3) is 104 Å². The summed E-state index contributed by atoms with van der Waals surface area (Å²) in [5.41, 5.74) is 8.44. The van der Waals surface area contributed by atoms with Crippen molar-refractivity contribution in [2.75, 3.05) is 0 Å². The molecule has 0 aliphatic carbocycles. The average molecular weight is 596 g/mol. The van der Waals surface area contributed by atoms with Crippen LogP contribution >= 0.6 is 0 Å². The molecule has 0 amide bonds. The van der Waals surface area contributed by atoms with Crippen LogP contribution in [-0.4, -0.2) is 14.4 Å². The number of para-hydroxylation sites is 3. The topological polar surface area (TPSA) is 30.2 Å². The highest BCUT2D eigenvalue weighted by Crippen LogP contribution is 2.43. The van der Waals surface area contributed by atoms with Gasteiger partial charge in [-0.1, -0.05) is 109 Å². The van der Waals surface area contributed by atoms with E-state index in [-0.39, 0.29) is 0 Å². The highest BCUT2D eigenvalue weighted by Gasteiger charge is 2.17. The monoisotopic (exact) mass is 595 g/mol. The second-order valence-corrected chi connectivity index (χ2v) is 12.5. The quantitative estimate of drug-likeness (QED) is 0.147. The summed E-state index contributed by atoms with van der Waals surface area (Å²) in [6.07, 6.45) is 0. The molecule has 3 aromatic heterocycles. The maximum atomic E-state index is 5.31. The van der Waals surface area contributed by atoms with Gasteiger partial charge in [0.15, 0.2) is 0 Å². The highest BCUT2D eigenvalue weighted by atomic mass is 15.0. The largest absolute Gasteiger partial charge is 0.292 e. The van der Waals surface area contributed by atoms with Crippen LogP contribution in [0.1, 0.15) is 0 Å². The van der Waals surface area contributed by atoms with Crippen LogP contribution < -0.4 is 0 Å². The van der Waals surface area contributed by atoms with E-state index in [2.05, 4.69) is 156 Å². The lowest BCUT2D eigenvalue weighted by molar-refractivity contribution is 1.31. The highest BCUT2D eigenvalue weighted by molar-refractivity contribution is 6.34. The fourth-order valence-electron chi connectivity index (χ4n) is 8.08. The molecule has 11 aromatic rings. The van der Waals surface area contributed by atoms with Crippen molar-refractivity contribution < 1.29 is 0 Å². The zero-order valence-electron chi connectivity index (χ0n) is 25.3. The molecule has 0 radical (unpaired) electrons. The number of fused-ring (bicyclic) bond motifs is 10. The van der Waals surface area contributed by atoms with Gasteiger partial charge in [-0.25, -0.2) is 9.97 Å². The van der Waals surface area contributed by atoms with Crippen LogP contribution in [0.2, 0.25) is 0 Å². The van der Waals surface area contributed by atoms with E-state index >= 15 is 0 Å². The summed E-state index contributed by atoms with van der Waals surface area (Å²) in [5, 5.41) is 13.9. The molecule has 216 valence electrons. The Bertz CT molecular complexity index is 3030. The third kappa shape index (κ3) is 3.35. The first kappa shape index (κ1) is 24.9. The Morgan fingerprint density at radius 3 is 1.89 bits per heavy atom. The van der Waals surface area contributed by atoms with Crippen LogP contribution in [0.3, 0.4) is 0 Å². The first-order valence-electron chi connectivity index (χ1n) is 16.1. The Morgan fingerprint density at radius 1 is 0.383 bits per heavy atom. The van der Waals surface area contributed by atoms with Gasteiger partial charge in [-0.15, -0.1) is 0 Å². The van der Waals surface area contributed by atoms with Gasteiger partial charge in [0.2, 0.25) is 0 Å². The molecular formula is C44H25N3. The smallest absolute Gasteiger partial charge is 0.146 e. The molecule has 0 saturated heterocycles. The van der Waals surface area contributed by atoms with Gasteiger partial charge in [-0.05, 0) is 90.9 Å². The fraction of sp³-hybridized carbons (Fsp3) is 0. The van der Waals surface area contributed by atoms with Gasteiger partial charge in [-0.2, -0.15) is 0 Å². The molecule has 3 heterocycles. The van der Waals surface area contributed by atoms with Crippen molar-refractivity contribution in [2.45, 2.75) is 0 Å². The first-order valence-corrected chi connectivity index (χ1v) is 16.1.